The first-order valence-corrected chi connectivity index (χ1v) is 13.1. The molecule has 0 spiro atoms. The Hall–Kier alpha value is -4.69. The maximum atomic E-state index is 12.5. The van der Waals surface area contributed by atoms with E-state index in [2.05, 4.69) is 21.9 Å². The molecule has 3 aromatic rings. The zero-order valence-electron chi connectivity index (χ0n) is 21.4. The van der Waals surface area contributed by atoms with Crippen molar-refractivity contribution < 1.29 is 28.6 Å². The van der Waals surface area contributed by atoms with Gasteiger partial charge in [-0.15, -0.1) is 11.3 Å². The Morgan fingerprint density at radius 2 is 1.85 bits per heavy atom. The Labute approximate surface area is 229 Å². The zero-order valence-corrected chi connectivity index (χ0v) is 22.2. The average molecular weight is 547 g/mol. The summed E-state index contributed by atoms with van der Waals surface area (Å²) < 4.78 is 16.2. The quantitative estimate of drug-likeness (QED) is 0.142. The number of thiophene rings is 1. The molecule has 0 radical (unpaired) electrons. The van der Waals surface area contributed by atoms with E-state index in [0.29, 0.717) is 39.8 Å². The van der Waals surface area contributed by atoms with Crippen LogP contribution in [0.25, 0.3) is 0 Å². The van der Waals surface area contributed by atoms with Crippen LogP contribution in [-0.2, 0) is 22.4 Å². The van der Waals surface area contributed by atoms with Gasteiger partial charge in [0.25, 0.3) is 0 Å². The molecule has 0 saturated heterocycles. The number of hydrogen-bond acceptors (Lipinski definition) is 9. The molecule has 0 saturated carbocycles. The molecule has 4 rings (SSSR count). The first-order valence-electron chi connectivity index (χ1n) is 12.3. The van der Waals surface area contributed by atoms with Crippen LogP contribution in [-0.4, -0.2) is 37.7 Å². The molecule has 0 bridgehead atoms. The van der Waals surface area contributed by atoms with Gasteiger partial charge in [-0.3, -0.25) is 9.59 Å². The minimum atomic E-state index is -0.975. The van der Waals surface area contributed by atoms with Crippen molar-refractivity contribution in [3.8, 4) is 23.3 Å². The summed E-state index contributed by atoms with van der Waals surface area (Å²) in [6.45, 7) is 2.11. The number of anilines is 1. The van der Waals surface area contributed by atoms with E-state index in [1.165, 1.54) is 24.7 Å². The number of carbonyl (C=O) groups excluding carboxylic acids is 3. The third-order valence-corrected chi connectivity index (χ3v) is 7.10. The molecule has 0 aliphatic heterocycles. The summed E-state index contributed by atoms with van der Waals surface area (Å²) in [5, 5.41) is 16.3. The van der Waals surface area contributed by atoms with E-state index < -0.39 is 17.8 Å². The fraction of sp³-hybridized carbons (Fsp3) is 0.250. The predicted molar refractivity (Wildman–Crippen MR) is 146 cm³/mol. The monoisotopic (exact) mass is 546 g/mol. The predicted octanol–water partition coefficient (Wildman–Crippen LogP) is 4.21. The van der Waals surface area contributed by atoms with Gasteiger partial charge >= 0.3 is 17.8 Å². The zero-order chi connectivity index (χ0) is 27.8. The molecule has 0 fully saturated rings. The number of ether oxygens (including phenoxy) is 3. The number of benzene rings is 2. The van der Waals surface area contributed by atoms with E-state index in [1.807, 2.05) is 0 Å². The SMILES string of the molecule is CCOc1cc(C=NNC(=O)C(=O)Nc2sc3c(c2C#N)CCCC3)ccc1OC(=O)c1ccc(OC)cc1. The maximum absolute atomic E-state index is 12.5. The Bertz CT molecular complexity index is 1460. The Balaban J connectivity index is 1.38. The van der Waals surface area contributed by atoms with Crippen molar-refractivity contribution in [3.63, 3.8) is 0 Å². The number of nitrogens with zero attached hydrogens (tertiary/aromatic N) is 2. The maximum Gasteiger partial charge on any atom is 0.343 e. The summed E-state index contributed by atoms with van der Waals surface area (Å²) >= 11 is 1.34. The molecule has 39 heavy (non-hydrogen) atoms. The number of aryl methyl sites for hydroxylation is 1. The van der Waals surface area contributed by atoms with Crippen molar-refractivity contribution in [2.24, 2.45) is 5.10 Å². The van der Waals surface area contributed by atoms with Crippen LogP contribution in [0.3, 0.4) is 0 Å². The largest absolute Gasteiger partial charge is 0.497 e. The normalized spacial score (nSPS) is 12.2. The Morgan fingerprint density at radius 1 is 1.08 bits per heavy atom. The third kappa shape index (κ3) is 6.61. The van der Waals surface area contributed by atoms with Crippen molar-refractivity contribution in [1.82, 2.24) is 5.43 Å². The van der Waals surface area contributed by atoms with Gasteiger partial charge in [0.2, 0.25) is 0 Å². The molecule has 0 unspecified atom stereocenters. The second-order valence-electron chi connectivity index (χ2n) is 8.44. The lowest BCUT2D eigenvalue weighted by Gasteiger charge is -2.11. The number of rotatable bonds is 8. The summed E-state index contributed by atoms with van der Waals surface area (Å²) in [7, 11) is 1.54. The molecule has 1 heterocycles. The van der Waals surface area contributed by atoms with E-state index >= 15 is 0 Å². The summed E-state index contributed by atoms with van der Waals surface area (Å²) in [6.07, 6.45) is 5.03. The Kier molecular flexibility index (Phi) is 8.91. The van der Waals surface area contributed by atoms with Crippen LogP contribution in [0.2, 0.25) is 0 Å². The summed E-state index contributed by atoms with van der Waals surface area (Å²) in [5.74, 6) is -1.32. The molecule has 2 amide bonds. The molecule has 2 aromatic carbocycles. The average Bonchev–Trinajstić information content (AvgIpc) is 3.31. The van der Waals surface area contributed by atoms with Gasteiger partial charge in [-0.2, -0.15) is 10.4 Å². The Morgan fingerprint density at radius 3 is 2.56 bits per heavy atom. The molecule has 200 valence electrons. The van der Waals surface area contributed by atoms with E-state index in [4.69, 9.17) is 14.2 Å². The lowest BCUT2D eigenvalue weighted by molar-refractivity contribution is -0.136. The van der Waals surface area contributed by atoms with E-state index in [0.717, 1.165) is 36.1 Å². The minimum absolute atomic E-state index is 0.213. The smallest absolute Gasteiger partial charge is 0.343 e. The van der Waals surface area contributed by atoms with Gasteiger partial charge in [-0.05, 0) is 86.2 Å². The molecule has 2 N–H and O–H groups in total. The van der Waals surface area contributed by atoms with Crippen LogP contribution in [0.1, 0.15) is 51.7 Å². The first-order chi connectivity index (χ1) is 18.9. The highest BCUT2D eigenvalue weighted by atomic mass is 32.1. The molecule has 10 nitrogen and oxygen atoms in total. The first kappa shape index (κ1) is 27.3. The number of nitrogens with one attached hydrogen (secondary N) is 2. The van der Waals surface area contributed by atoms with Crippen molar-refractivity contribution in [2.75, 3.05) is 19.0 Å². The van der Waals surface area contributed by atoms with Crippen LogP contribution in [0.5, 0.6) is 17.2 Å². The van der Waals surface area contributed by atoms with Crippen LogP contribution >= 0.6 is 11.3 Å². The second-order valence-corrected chi connectivity index (χ2v) is 9.54. The number of fused-ring (bicyclic) bond motifs is 1. The van der Waals surface area contributed by atoms with Gasteiger partial charge in [0.15, 0.2) is 11.5 Å². The molecule has 1 aliphatic rings. The molecule has 1 aliphatic carbocycles. The van der Waals surface area contributed by atoms with E-state index in [1.54, 1.807) is 49.4 Å². The van der Waals surface area contributed by atoms with Crippen molar-refractivity contribution in [1.29, 1.82) is 5.26 Å². The van der Waals surface area contributed by atoms with Crippen LogP contribution < -0.4 is 25.0 Å². The number of hydrazone groups is 1. The molecule has 0 atom stereocenters. The molecular weight excluding hydrogens is 520 g/mol. The fourth-order valence-electron chi connectivity index (χ4n) is 3.99. The van der Waals surface area contributed by atoms with Gasteiger partial charge in [0.05, 0.1) is 31.1 Å². The number of hydrogen-bond donors (Lipinski definition) is 2. The number of nitriles is 1. The van der Waals surface area contributed by atoms with E-state index in [9.17, 15) is 19.6 Å². The van der Waals surface area contributed by atoms with Crippen LogP contribution in [0, 0.1) is 11.3 Å². The van der Waals surface area contributed by atoms with Gasteiger partial charge in [-0.1, -0.05) is 0 Å². The van der Waals surface area contributed by atoms with Gasteiger partial charge in [0.1, 0.15) is 16.8 Å². The lowest BCUT2D eigenvalue weighted by atomic mass is 9.96. The number of carbonyl (C=O) groups is 3. The highest BCUT2D eigenvalue weighted by Gasteiger charge is 2.23. The summed E-state index contributed by atoms with van der Waals surface area (Å²) in [6, 6.07) is 13.4. The summed E-state index contributed by atoms with van der Waals surface area (Å²) in [4.78, 5) is 38.3. The number of amides is 2. The van der Waals surface area contributed by atoms with Crippen molar-refractivity contribution in [3.05, 3.63) is 69.6 Å². The van der Waals surface area contributed by atoms with Gasteiger partial charge < -0.3 is 19.5 Å². The number of methoxy groups -OCH3 is 1. The van der Waals surface area contributed by atoms with Crippen LogP contribution in [0.15, 0.2) is 47.6 Å². The minimum Gasteiger partial charge on any atom is -0.497 e. The van der Waals surface area contributed by atoms with Gasteiger partial charge in [-0.25, -0.2) is 10.2 Å². The molecule has 11 heteroatoms. The van der Waals surface area contributed by atoms with Crippen molar-refractivity contribution >= 4 is 40.3 Å². The third-order valence-electron chi connectivity index (χ3n) is 5.89. The van der Waals surface area contributed by atoms with Gasteiger partial charge in [0, 0.05) is 4.88 Å². The van der Waals surface area contributed by atoms with Crippen LogP contribution in [0.4, 0.5) is 5.00 Å². The van der Waals surface area contributed by atoms with Crippen molar-refractivity contribution in [2.45, 2.75) is 32.6 Å². The highest BCUT2D eigenvalue weighted by Crippen LogP contribution is 2.37. The topological polar surface area (TPSA) is 139 Å². The lowest BCUT2D eigenvalue weighted by Crippen LogP contribution is -2.32. The standard InChI is InChI=1S/C28H26N4O6S/c1-3-37-23-14-17(8-13-22(23)38-28(35)18-9-11-19(36-2)12-10-18)16-30-32-26(34)25(33)31-27-21(15-29)20-6-4-5-7-24(20)39-27/h8-14,16H,3-7H2,1-2H3,(H,31,33)(H,32,34). The second kappa shape index (κ2) is 12.7. The summed E-state index contributed by atoms with van der Waals surface area (Å²) in [5.41, 5.74) is 4.44. The fourth-order valence-corrected chi connectivity index (χ4v) is 5.23. The number of esters is 1. The molecular formula is C28H26N4O6S. The molecule has 1 aromatic heterocycles. The van der Waals surface area contributed by atoms with E-state index in [-0.39, 0.29) is 5.75 Å². The highest BCUT2D eigenvalue weighted by molar-refractivity contribution is 7.16.